The Morgan fingerprint density at radius 3 is 2.70 bits per heavy atom. The van der Waals surface area contributed by atoms with E-state index in [9.17, 15) is 9.18 Å². The Bertz CT molecular complexity index is 816. The van der Waals surface area contributed by atoms with E-state index in [2.05, 4.69) is 15.4 Å². The molecule has 0 saturated heterocycles. The lowest BCUT2D eigenvalue weighted by molar-refractivity contribution is 0.0774. The molecular formula is C16H15FN4O2. The van der Waals surface area contributed by atoms with Crippen molar-refractivity contribution in [1.29, 1.82) is 0 Å². The molecule has 6 nitrogen and oxygen atoms in total. The van der Waals surface area contributed by atoms with Gasteiger partial charge in [0, 0.05) is 12.6 Å². The van der Waals surface area contributed by atoms with Gasteiger partial charge in [-0.15, -0.1) is 0 Å². The predicted octanol–water partition coefficient (Wildman–Crippen LogP) is 2.25. The molecule has 0 radical (unpaired) electrons. The van der Waals surface area contributed by atoms with Crippen LogP contribution in [0.5, 0.6) is 5.75 Å². The Labute approximate surface area is 131 Å². The second-order valence-corrected chi connectivity index (χ2v) is 5.06. The zero-order valence-electron chi connectivity index (χ0n) is 12.5. The third kappa shape index (κ3) is 3.45. The van der Waals surface area contributed by atoms with Crippen molar-refractivity contribution in [1.82, 2.24) is 20.3 Å². The number of nitrogens with one attached hydrogen (secondary N) is 1. The van der Waals surface area contributed by atoms with Crippen LogP contribution in [0.3, 0.4) is 0 Å². The third-order valence-corrected chi connectivity index (χ3v) is 3.42. The second-order valence-electron chi connectivity index (χ2n) is 5.06. The highest BCUT2D eigenvalue weighted by Crippen LogP contribution is 2.13. The summed E-state index contributed by atoms with van der Waals surface area (Å²) in [6.45, 7) is 0.729. The quantitative estimate of drug-likeness (QED) is 0.784. The lowest BCUT2D eigenvalue weighted by Gasteiger charge is -2.17. The number of fused-ring (bicyclic) bond motifs is 1. The van der Waals surface area contributed by atoms with Gasteiger partial charge in [-0.25, -0.2) is 4.39 Å². The topological polar surface area (TPSA) is 71.1 Å². The van der Waals surface area contributed by atoms with Gasteiger partial charge in [-0.05, 0) is 42.5 Å². The first-order chi connectivity index (χ1) is 11.1. The molecule has 0 bridgehead atoms. The number of aromatic nitrogens is 3. The van der Waals surface area contributed by atoms with Crippen LogP contribution in [0.1, 0.15) is 10.4 Å². The summed E-state index contributed by atoms with van der Waals surface area (Å²) < 4.78 is 18.3. The van der Waals surface area contributed by atoms with E-state index in [0.717, 1.165) is 0 Å². The second kappa shape index (κ2) is 6.43. The average Bonchev–Trinajstić information content (AvgIpc) is 3.03. The van der Waals surface area contributed by atoms with Crippen LogP contribution in [0.15, 0.2) is 42.5 Å². The van der Waals surface area contributed by atoms with E-state index in [-0.39, 0.29) is 11.7 Å². The van der Waals surface area contributed by atoms with Crippen LogP contribution in [0.4, 0.5) is 4.39 Å². The molecule has 2 aromatic carbocycles. The van der Waals surface area contributed by atoms with E-state index < -0.39 is 0 Å². The van der Waals surface area contributed by atoms with Gasteiger partial charge in [-0.2, -0.15) is 15.4 Å². The number of H-pyrrole nitrogens is 1. The molecular weight excluding hydrogens is 299 g/mol. The standard InChI is InChI=1S/C16H15FN4O2/c1-21(8-9-23-13-5-3-12(17)4-6-13)16(22)11-2-7-14-15(10-11)19-20-18-14/h2-7,10H,8-9H2,1H3,(H,18,19,20). The Balaban J connectivity index is 1.57. The molecule has 118 valence electrons. The summed E-state index contributed by atoms with van der Waals surface area (Å²) in [6, 6.07) is 10.9. The van der Waals surface area contributed by atoms with Crippen LogP contribution in [0.25, 0.3) is 11.0 Å². The largest absolute Gasteiger partial charge is 0.492 e. The average molecular weight is 314 g/mol. The van der Waals surface area contributed by atoms with Crippen molar-refractivity contribution < 1.29 is 13.9 Å². The maximum absolute atomic E-state index is 12.8. The highest BCUT2D eigenvalue weighted by atomic mass is 19.1. The Morgan fingerprint density at radius 2 is 1.91 bits per heavy atom. The van der Waals surface area contributed by atoms with E-state index >= 15 is 0 Å². The van der Waals surface area contributed by atoms with Crippen LogP contribution in [0, 0.1) is 5.82 Å². The molecule has 23 heavy (non-hydrogen) atoms. The molecule has 0 atom stereocenters. The highest BCUT2D eigenvalue weighted by molar-refractivity contribution is 5.97. The fourth-order valence-corrected chi connectivity index (χ4v) is 2.13. The summed E-state index contributed by atoms with van der Waals surface area (Å²) in [5, 5.41) is 10.4. The number of nitrogens with zero attached hydrogens (tertiary/aromatic N) is 3. The number of halogens is 1. The van der Waals surface area contributed by atoms with E-state index in [0.29, 0.717) is 35.5 Å². The van der Waals surface area contributed by atoms with Crippen molar-refractivity contribution in [2.45, 2.75) is 0 Å². The van der Waals surface area contributed by atoms with Gasteiger partial charge in [-0.3, -0.25) is 4.79 Å². The molecule has 0 aliphatic carbocycles. The molecule has 7 heteroatoms. The van der Waals surface area contributed by atoms with Gasteiger partial charge in [0.2, 0.25) is 0 Å². The van der Waals surface area contributed by atoms with Crippen LogP contribution < -0.4 is 4.74 Å². The van der Waals surface area contributed by atoms with Gasteiger partial charge in [-0.1, -0.05) is 0 Å². The van der Waals surface area contributed by atoms with E-state index in [1.165, 1.54) is 12.1 Å². The number of likely N-dealkylation sites (N-methyl/N-ethyl adjacent to an activating group) is 1. The van der Waals surface area contributed by atoms with Crippen molar-refractivity contribution in [3.05, 3.63) is 53.8 Å². The van der Waals surface area contributed by atoms with Crippen LogP contribution in [-0.4, -0.2) is 46.4 Å². The molecule has 0 saturated carbocycles. The zero-order chi connectivity index (χ0) is 16.2. The minimum atomic E-state index is -0.312. The molecule has 3 aromatic rings. The Hall–Kier alpha value is -2.96. The van der Waals surface area contributed by atoms with Crippen molar-refractivity contribution in [3.63, 3.8) is 0 Å². The molecule has 0 aliphatic heterocycles. The van der Waals surface area contributed by atoms with E-state index in [4.69, 9.17) is 4.74 Å². The summed E-state index contributed by atoms with van der Waals surface area (Å²) in [4.78, 5) is 13.9. The third-order valence-electron chi connectivity index (χ3n) is 3.42. The lowest BCUT2D eigenvalue weighted by Crippen LogP contribution is -2.30. The number of carbonyl (C=O) groups excluding carboxylic acids is 1. The predicted molar refractivity (Wildman–Crippen MR) is 82.7 cm³/mol. The summed E-state index contributed by atoms with van der Waals surface area (Å²) >= 11 is 0. The lowest BCUT2D eigenvalue weighted by atomic mass is 10.2. The first-order valence-electron chi connectivity index (χ1n) is 7.08. The molecule has 0 fully saturated rings. The Kier molecular flexibility index (Phi) is 4.18. The van der Waals surface area contributed by atoms with Crippen LogP contribution in [0.2, 0.25) is 0 Å². The smallest absolute Gasteiger partial charge is 0.253 e. The van der Waals surface area contributed by atoms with Gasteiger partial charge in [0.05, 0.1) is 6.54 Å². The van der Waals surface area contributed by atoms with Crippen molar-refractivity contribution in [3.8, 4) is 5.75 Å². The Morgan fingerprint density at radius 1 is 1.17 bits per heavy atom. The van der Waals surface area contributed by atoms with Crippen molar-refractivity contribution >= 4 is 16.9 Å². The molecule has 0 aliphatic rings. The van der Waals surface area contributed by atoms with E-state index in [1.54, 1.807) is 42.3 Å². The van der Waals surface area contributed by atoms with Gasteiger partial charge < -0.3 is 9.64 Å². The van der Waals surface area contributed by atoms with Gasteiger partial charge in [0.1, 0.15) is 29.2 Å². The molecule has 3 rings (SSSR count). The molecule has 0 spiro atoms. The SMILES string of the molecule is CN(CCOc1ccc(F)cc1)C(=O)c1ccc2n[nH]nc2c1. The van der Waals surface area contributed by atoms with E-state index in [1.807, 2.05) is 0 Å². The molecule has 0 unspecified atom stereocenters. The normalized spacial score (nSPS) is 10.7. The zero-order valence-corrected chi connectivity index (χ0v) is 12.5. The summed E-state index contributed by atoms with van der Waals surface area (Å²) in [7, 11) is 1.70. The van der Waals surface area contributed by atoms with Crippen molar-refractivity contribution in [2.75, 3.05) is 20.2 Å². The fourth-order valence-electron chi connectivity index (χ4n) is 2.13. The van der Waals surface area contributed by atoms with Gasteiger partial charge in [0.15, 0.2) is 0 Å². The number of carbonyl (C=O) groups is 1. The first kappa shape index (κ1) is 15.0. The maximum atomic E-state index is 12.8. The fraction of sp³-hybridized carbons (Fsp3) is 0.188. The number of aromatic amines is 1. The summed E-state index contributed by atoms with van der Waals surface area (Å²) in [5.41, 5.74) is 1.89. The monoisotopic (exact) mass is 314 g/mol. The molecule has 1 heterocycles. The van der Waals surface area contributed by atoms with Crippen LogP contribution >= 0.6 is 0 Å². The van der Waals surface area contributed by atoms with Gasteiger partial charge >= 0.3 is 0 Å². The highest BCUT2D eigenvalue weighted by Gasteiger charge is 2.13. The molecule has 1 aromatic heterocycles. The van der Waals surface area contributed by atoms with Crippen LogP contribution in [-0.2, 0) is 0 Å². The summed E-state index contributed by atoms with van der Waals surface area (Å²) in [5.74, 6) is 0.127. The first-order valence-corrected chi connectivity index (χ1v) is 7.08. The van der Waals surface area contributed by atoms with Gasteiger partial charge in [0.25, 0.3) is 5.91 Å². The maximum Gasteiger partial charge on any atom is 0.253 e. The minimum Gasteiger partial charge on any atom is -0.492 e. The number of ether oxygens (including phenoxy) is 1. The summed E-state index contributed by atoms with van der Waals surface area (Å²) in [6.07, 6.45) is 0. The van der Waals surface area contributed by atoms with Crippen molar-refractivity contribution in [2.24, 2.45) is 0 Å². The number of amides is 1. The number of hydrogen-bond donors (Lipinski definition) is 1. The minimum absolute atomic E-state index is 0.127. The number of hydrogen-bond acceptors (Lipinski definition) is 4. The number of benzene rings is 2. The molecule has 1 amide bonds. The molecule has 1 N–H and O–H groups in total. The number of rotatable bonds is 5.